The predicted molar refractivity (Wildman–Crippen MR) is 40.2 cm³/mol. The van der Waals surface area contributed by atoms with Gasteiger partial charge in [-0.2, -0.15) is 12.6 Å². The molecule has 0 N–H and O–H groups in total. The summed E-state index contributed by atoms with van der Waals surface area (Å²) in [6.45, 7) is 0. The van der Waals surface area contributed by atoms with Crippen LogP contribution in [0, 0.1) is 5.92 Å². The highest BCUT2D eigenvalue weighted by atomic mass is 32.1. The molecule has 0 unspecified atom stereocenters. The van der Waals surface area contributed by atoms with E-state index in [1.54, 1.807) is 5.92 Å². The quantitative estimate of drug-likeness (QED) is 0.516. The highest BCUT2D eigenvalue weighted by molar-refractivity contribution is 7.80. The Morgan fingerprint density at radius 2 is 1.75 bits per heavy atom. The van der Waals surface area contributed by atoms with Crippen molar-refractivity contribution in [3.63, 3.8) is 0 Å². The molecule has 1 heteroatoms. The Morgan fingerprint density at radius 3 is 2.12 bits per heavy atom. The Bertz CT molecular complexity index is 55.4. The Hall–Kier alpha value is 0.350. The van der Waals surface area contributed by atoms with Gasteiger partial charge in [-0.25, -0.2) is 0 Å². The van der Waals surface area contributed by atoms with E-state index in [-0.39, 0.29) is 0 Å². The lowest BCUT2D eigenvalue weighted by Gasteiger charge is -2.17. The topological polar surface area (TPSA) is 0 Å². The smallest absolute Gasteiger partial charge is 0.00355 e. The van der Waals surface area contributed by atoms with Crippen LogP contribution in [0.1, 0.15) is 32.1 Å². The highest BCUT2D eigenvalue weighted by Crippen LogP contribution is 2.25. The summed E-state index contributed by atoms with van der Waals surface area (Å²) in [5.41, 5.74) is 0. The molecule has 0 aliphatic heterocycles. The van der Waals surface area contributed by atoms with Crippen LogP contribution >= 0.6 is 12.6 Å². The molecule has 1 fully saturated rings. The van der Waals surface area contributed by atoms with Gasteiger partial charge in [-0.15, -0.1) is 0 Å². The third-order valence-electron chi connectivity index (χ3n) is 1.78. The molecule has 0 bridgehead atoms. The van der Waals surface area contributed by atoms with E-state index in [1.165, 1.54) is 32.1 Å². The van der Waals surface area contributed by atoms with Crippen molar-refractivity contribution in [1.29, 1.82) is 0 Å². The molecule has 1 rings (SSSR count). The van der Waals surface area contributed by atoms with Crippen LogP contribution in [0.5, 0.6) is 0 Å². The number of hydrogen-bond donors (Lipinski definition) is 1. The number of rotatable bonds is 1. The van der Waals surface area contributed by atoms with Crippen LogP contribution in [-0.2, 0) is 0 Å². The average Bonchev–Trinajstić information content (AvgIpc) is 1.90. The van der Waals surface area contributed by atoms with Crippen LogP contribution in [0.15, 0.2) is 0 Å². The van der Waals surface area contributed by atoms with Gasteiger partial charge < -0.3 is 0 Å². The van der Waals surface area contributed by atoms with Gasteiger partial charge in [0.25, 0.3) is 0 Å². The summed E-state index contributed by atoms with van der Waals surface area (Å²) in [5, 5.41) is 0. The van der Waals surface area contributed by atoms with Crippen molar-refractivity contribution in [2.45, 2.75) is 32.1 Å². The van der Waals surface area contributed by atoms with E-state index in [0.29, 0.717) is 0 Å². The Labute approximate surface area is 57.1 Å². The summed E-state index contributed by atoms with van der Waals surface area (Å²) in [4.78, 5) is 0. The van der Waals surface area contributed by atoms with Gasteiger partial charge >= 0.3 is 0 Å². The van der Waals surface area contributed by atoms with Gasteiger partial charge in [0.05, 0.1) is 0 Å². The molecule has 0 nitrogen and oxygen atoms in total. The van der Waals surface area contributed by atoms with Crippen LogP contribution < -0.4 is 0 Å². The maximum Gasteiger partial charge on any atom is -0.00355 e. The first-order chi connectivity index (χ1) is 3.93. The fourth-order valence-electron chi connectivity index (χ4n) is 1.21. The van der Waals surface area contributed by atoms with Crippen LogP contribution in [0.4, 0.5) is 0 Å². The lowest BCUT2D eigenvalue weighted by atomic mass is 9.91. The second-order valence-corrected chi connectivity index (χ2v) is 2.79. The number of thiol groups is 1. The van der Waals surface area contributed by atoms with Crippen molar-refractivity contribution in [3.8, 4) is 0 Å². The zero-order valence-electron chi connectivity index (χ0n) is 5.19. The zero-order chi connectivity index (χ0) is 5.82. The van der Waals surface area contributed by atoms with Crippen molar-refractivity contribution in [1.82, 2.24) is 0 Å². The van der Waals surface area contributed by atoms with Crippen molar-refractivity contribution in [3.05, 3.63) is 5.92 Å². The monoisotopic (exact) mass is 129 g/mol. The molecule has 0 atom stereocenters. The van der Waals surface area contributed by atoms with Crippen molar-refractivity contribution < 1.29 is 0 Å². The van der Waals surface area contributed by atoms with Gasteiger partial charge in [0, 0.05) is 0 Å². The minimum Gasteiger partial charge on any atom is -0.179 e. The van der Waals surface area contributed by atoms with Gasteiger partial charge in [0.15, 0.2) is 0 Å². The summed E-state index contributed by atoms with van der Waals surface area (Å²) >= 11 is 4.23. The van der Waals surface area contributed by atoms with Crippen LogP contribution in [0.2, 0.25) is 0 Å². The van der Waals surface area contributed by atoms with E-state index in [2.05, 4.69) is 12.6 Å². The molecule has 1 radical (unpaired) electrons. The third-order valence-corrected chi connectivity index (χ3v) is 2.23. The average molecular weight is 129 g/mol. The van der Waals surface area contributed by atoms with Crippen molar-refractivity contribution >= 4 is 12.6 Å². The second-order valence-electron chi connectivity index (χ2n) is 2.47. The molecule has 1 saturated carbocycles. The largest absolute Gasteiger partial charge is 0.179 e. The molecule has 1 aliphatic carbocycles. The molecule has 0 aromatic rings. The van der Waals surface area contributed by atoms with Gasteiger partial charge in [0.2, 0.25) is 0 Å². The van der Waals surface area contributed by atoms with Crippen LogP contribution in [0.3, 0.4) is 0 Å². The fraction of sp³-hybridized carbons (Fsp3) is 0.857. The summed E-state index contributed by atoms with van der Waals surface area (Å²) < 4.78 is 0. The molecule has 0 aromatic carbocycles. The van der Waals surface area contributed by atoms with E-state index in [4.69, 9.17) is 0 Å². The first-order valence-corrected chi connectivity index (χ1v) is 4.01. The summed E-state index contributed by atoms with van der Waals surface area (Å²) in [5.74, 6) is 2.69. The minimum atomic E-state index is 1.03. The van der Waals surface area contributed by atoms with E-state index in [0.717, 1.165) is 5.75 Å². The first kappa shape index (κ1) is 6.47. The van der Waals surface area contributed by atoms with Crippen LogP contribution in [0.25, 0.3) is 0 Å². The van der Waals surface area contributed by atoms with Crippen molar-refractivity contribution in [2.75, 3.05) is 5.75 Å². The van der Waals surface area contributed by atoms with E-state index >= 15 is 0 Å². The molecule has 0 aromatic heterocycles. The molecule has 0 amide bonds. The Kier molecular flexibility index (Phi) is 2.74. The molecule has 1 aliphatic rings. The molecule has 47 valence electrons. The molecule has 0 spiro atoms. The van der Waals surface area contributed by atoms with Gasteiger partial charge in [0.1, 0.15) is 0 Å². The molecule has 8 heavy (non-hydrogen) atoms. The first-order valence-electron chi connectivity index (χ1n) is 3.38. The summed E-state index contributed by atoms with van der Waals surface area (Å²) in [6.07, 6.45) is 6.97. The normalized spacial score (nSPS) is 23.6. The van der Waals surface area contributed by atoms with Gasteiger partial charge in [-0.3, -0.25) is 0 Å². The predicted octanol–water partition coefficient (Wildman–Crippen LogP) is 2.45. The summed E-state index contributed by atoms with van der Waals surface area (Å²) in [6, 6.07) is 0. The number of hydrogen-bond acceptors (Lipinski definition) is 1. The van der Waals surface area contributed by atoms with E-state index in [9.17, 15) is 0 Å². The molecule has 0 saturated heterocycles. The van der Waals surface area contributed by atoms with Gasteiger partial charge in [-0.05, 0) is 24.5 Å². The lowest BCUT2D eigenvalue weighted by molar-refractivity contribution is 0.542. The zero-order valence-corrected chi connectivity index (χ0v) is 6.08. The maximum atomic E-state index is 4.23. The minimum absolute atomic E-state index is 1.03. The Balaban J connectivity index is 2.13. The van der Waals surface area contributed by atoms with E-state index < -0.39 is 0 Å². The van der Waals surface area contributed by atoms with Gasteiger partial charge in [-0.1, -0.05) is 19.3 Å². The lowest BCUT2D eigenvalue weighted by Crippen LogP contribution is -2.04. The maximum absolute atomic E-state index is 4.23. The Morgan fingerprint density at radius 1 is 1.12 bits per heavy atom. The van der Waals surface area contributed by atoms with Crippen LogP contribution in [-0.4, -0.2) is 5.75 Å². The second kappa shape index (κ2) is 3.39. The molecular formula is C7H13S. The SMILES string of the molecule is SC[C]1CCCCC1. The molecule has 0 heterocycles. The van der Waals surface area contributed by atoms with Crippen molar-refractivity contribution in [2.24, 2.45) is 0 Å². The fourth-order valence-corrected chi connectivity index (χ4v) is 1.53. The summed E-state index contributed by atoms with van der Waals surface area (Å²) in [7, 11) is 0. The standard InChI is InChI=1S/C7H13S/c8-6-7-4-2-1-3-5-7/h8H,1-6H2. The van der Waals surface area contributed by atoms with E-state index in [1.807, 2.05) is 0 Å². The molecular weight excluding hydrogens is 116 g/mol. The third kappa shape index (κ3) is 1.70. The highest BCUT2D eigenvalue weighted by Gasteiger charge is 2.10.